The predicted molar refractivity (Wildman–Crippen MR) is 62.3 cm³/mol. The van der Waals surface area contributed by atoms with Crippen molar-refractivity contribution in [1.82, 2.24) is 5.32 Å². The summed E-state index contributed by atoms with van der Waals surface area (Å²) in [5.41, 5.74) is 0.170. The van der Waals surface area contributed by atoms with E-state index in [0.717, 1.165) is 26.0 Å². The molecule has 1 aliphatic heterocycles. The molecule has 16 heavy (non-hydrogen) atoms. The average Bonchev–Trinajstić information content (AvgIpc) is 3.08. The zero-order chi connectivity index (χ0) is 11.0. The lowest BCUT2D eigenvalue weighted by Crippen LogP contribution is -2.49. The molecule has 2 atom stereocenters. The Labute approximate surface area is 97.6 Å². The van der Waals surface area contributed by atoms with Crippen LogP contribution in [0.3, 0.4) is 0 Å². The minimum Gasteiger partial charge on any atom is -0.392 e. The van der Waals surface area contributed by atoms with Gasteiger partial charge in [-0.3, -0.25) is 0 Å². The number of aliphatic hydroxyl groups is 1. The van der Waals surface area contributed by atoms with E-state index >= 15 is 0 Å². The summed E-state index contributed by atoms with van der Waals surface area (Å²) in [7, 11) is 0. The average molecular weight is 225 g/mol. The van der Waals surface area contributed by atoms with Gasteiger partial charge in [-0.1, -0.05) is 0 Å². The van der Waals surface area contributed by atoms with Crippen molar-refractivity contribution in [3.63, 3.8) is 0 Å². The molecule has 2 unspecified atom stereocenters. The van der Waals surface area contributed by atoms with Crippen LogP contribution < -0.4 is 5.32 Å². The normalized spacial score (nSPS) is 34.7. The molecule has 3 nitrogen and oxygen atoms in total. The van der Waals surface area contributed by atoms with E-state index in [2.05, 4.69) is 5.32 Å². The summed E-state index contributed by atoms with van der Waals surface area (Å²) >= 11 is 0. The van der Waals surface area contributed by atoms with Gasteiger partial charge >= 0.3 is 0 Å². The summed E-state index contributed by atoms with van der Waals surface area (Å²) in [5.74, 6) is 0.459. The summed E-state index contributed by atoms with van der Waals surface area (Å²) in [6.45, 7) is 1.64. The SMILES string of the molecule is OC(CNC1CC1)C1CCOC2(CCC2)C1. The topological polar surface area (TPSA) is 41.5 Å². The van der Waals surface area contributed by atoms with E-state index < -0.39 is 0 Å². The number of nitrogens with one attached hydrogen (secondary N) is 1. The molecule has 2 aliphatic carbocycles. The minimum absolute atomic E-state index is 0.165. The maximum Gasteiger partial charge on any atom is 0.0694 e. The van der Waals surface area contributed by atoms with Crippen molar-refractivity contribution in [2.24, 2.45) is 5.92 Å². The molecule has 0 amide bonds. The lowest BCUT2D eigenvalue weighted by atomic mass is 9.71. The van der Waals surface area contributed by atoms with Crippen molar-refractivity contribution in [2.45, 2.75) is 62.7 Å². The van der Waals surface area contributed by atoms with Crippen LogP contribution in [0.1, 0.15) is 44.9 Å². The molecule has 3 fully saturated rings. The van der Waals surface area contributed by atoms with Gasteiger partial charge in [0.2, 0.25) is 0 Å². The van der Waals surface area contributed by atoms with E-state index in [1.54, 1.807) is 0 Å². The molecular weight excluding hydrogens is 202 g/mol. The number of aliphatic hydroxyl groups excluding tert-OH is 1. The zero-order valence-corrected chi connectivity index (χ0v) is 9.95. The Morgan fingerprint density at radius 1 is 1.31 bits per heavy atom. The van der Waals surface area contributed by atoms with Crippen molar-refractivity contribution in [2.75, 3.05) is 13.2 Å². The van der Waals surface area contributed by atoms with Gasteiger partial charge in [0.15, 0.2) is 0 Å². The van der Waals surface area contributed by atoms with E-state index in [1.807, 2.05) is 0 Å². The Kier molecular flexibility index (Phi) is 2.94. The van der Waals surface area contributed by atoms with Crippen molar-refractivity contribution < 1.29 is 9.84 Å². The van der Waals surface area contributed by atoms with Crippen LogP contribution in [0.5, 0.6) is 0 Å². The van der Waals surface area contributed by atoms with Gasteiger partial charge in [-0.25, -0.2) is 0 Å². The van der Waals surface area contributed by atoms with Gasteiger partial charge in [0.25, 0.3) is 0 Å². The van der Waals surface area contributed by atoms with Crippen molar-refractivity contribution in [1.29, 1.82) is 0 Å². The molecule has 92 valence electrons. The molecular formula is C13H23NO2. The van der Waals surface area contributed by atoms with Crippen molar-refractivity contribution in [3.05, 3.63) is 0 Å². The van der Waals surface area contributed by atoms with Gasteiger partial charge in [0, 0.05) is 19.2 Å². The van der Waals surface area contributed by atoms with Crippen molar-refractivity contribution in [3.8, 4) is 0 Å². The second-order valence-electron chi connectivity index (χ2n) is 5.89. The Hall–Kier alpha value is -0.120. The summed E-state index contributed by atoms with van der Waals surface area (Å²) < 4.78 is 5.89. The summed E-state index contributed by atoms with van der Waals surface area (Å²) in [6, 6.07) is 0.701. The van der Waals surface area contributed by atoms with E-state index in [0.29, 0.717) is 12.0 Å². The number of rotatable bonds is 4. The molecule has 0 aromatic rings. The highest BCUT2D eigenvalue weighted by Gasteiger charge is 2.44. The lowest BCUT2D eigenvalue weighted by Gasteiger charge is -2.48. The van der Waals surface area contributed by atoms with Crippen LogP contribution in [-0.4, -0.2) is 36.0 Å². The van der Waals surface area contributed by atoms with Crippen LogP contribution in [0.15, 0.2) is 0 Å². The van der Waals surface area contributed by atoms with Gasteiger partial charge in [-0.05, 0) is 50.9 Å². The van der Waals surface area contributed by atoms with Gasteiger partial charge in [0.1, 0.15) is 0 Å². The third-order valence-electron chi connectivity index (χ3n) is 4.53. The van der Waals surface area contributed by atoms with Crippen LogP contribution in [0.4, 0.5) is 0 Å². The highest BCUT2D eigenvalue weighted by molar-refractivity contribution is 4.96. The Balaban J connectivity index is 1.48. The molecule has 1 saturated heterocycles. The second kappa shape index (κ2) is 4.28. The van der Waals surface area contributed by atoms with Crippen LogP contribution in [-0.2, 0) is 4.74 Å². The Morgan fingerprint density at radius 2 is 2.12 bits per heavy atom. The first-order valence-electron chi connectivity index (χ1n) is 6.83. The number of ether oxygens (including phenoxy) is 1. The Bertz CT molecular complexity index is 248. The molecule has 0 radical (unpaired) electrons. The molecule has 2 N–H and O–H groups in total. The third-order valence-corrected chi connectivity index (χ3v) is 4.53. The quantitative estimate of drug-likeness (QED) is 0.761. The fourth-order valence-electron chi connectivity index (χ4n) is 3.06. The van der Waals surface area contributed by atoms with E-state index in [9.17, 15) is 5.11 Å². The highest BCUT2D eigenvalue weighted by Crippen LogP contribution is 2.44. The maximum absolute atomic E-state index is 10.2. The fraction of sp³-hybridized carbons (Fsp3) is 1.00. The molecule has 2 saturated carbocycles. The van der Waals surface area contributed by atoms with Gasteiger partial charge in [-0.15, -0.1) is 0 Å². The lowest BCUT2D eigenvalue weighted by molar-refractivity contribution is -0.156. The number of hydrogen-bond acceptors (Lipinski definition) is 3. The van der Waals surface area contributed by atoms with Gasteiger partial charge in [0.05, 0.1) is 11.7 Å². The summed E-state index contributed by atoms with van der Waals surface area (Å²) in [5, 5.41) is 13.6. The third kappa shape index (κ3) is 2.27. The maximum atomic E-state index is 10.2. The van der Waals surface area contributed by atoms with E-state index in [-0.39, 0.29) is 11.7 Å². The van der Waals surface area contributed by atoms with Crippen LogP contribution in [0.2, 0.25) is 0 Å². The van der Waals surface area contributed by atoms with E-state index in [4.69, 9.17) is 4.74 Å². The van der Waals surface area contributed by atoms with E-state index in [1.165, 1.54) is 32.1 Å². The molecule has 3 aliphatic rings. The van der Waals surface area contributed by atoms with Crippen molar-refractivity contribution >= 4 is 0 Å². The first-order valence-corrected chi connectivity index (χ1v) is 6.83. The molecule has 3 rings (SSSR count). The number of hydrogen-bond donors (Lipinski definition) is 2. The molecule has 1 spiro atoms. The molecule has 0 bridgehead atoms. The van der Waals surface area contributed by atoms with Crippen LogP contribution in [0, 0.1) is 5.92 Å². The Morgan fingerprint density at radius 3 is 2.75 bits per heavy atom. The summed E-state index contributed by atoms with van der Waals surface area (Å²) in [6.07, 6.45) is 8.29. The van der Waals surface area contributed by atoms with Gasteiger partial charge < -0.3 is 15.2 Å². The van der Waals surface area contributed by atoms with Crippen LogP contribution >= 0.6 is 0 Å². The molecule has 1 heterocycles. The molecule has 0 aromatic carbocycles. The zero-order valence-electron chi connectivity index (χ0n) is 9.95. The standard InChI is InChI=1S/C13H23NO2/c15-12(9-14-11-2-3-11)10-4-7-16-13(8-10)5-1-6-13/h10-12,14-15H,1-9H2. The van der Waals surface area contributed by atoms with Crippen LogP contribution in [0.25, 0.3) is 0 Å². The predicted octanol–water partition coefficient (Wildman–Crippen LogP) is 1.45. The minimum atomic E-state index is -0.165. The highest BCUT2D eigenvalue weighted by atomic mass is 16.5. The monoisotopic (exact) mass is 225 g/mol. The largest absolute Gasteiger partial charge is 0.392 e. The molecule has 3 heteroatoms. The first-order chi connectivity index (χ1) is 7.77. The van der Waals surface area contributed by atoms with Gasteiger partial charge in [-0.2, -0.15) is 0 Å². The second-order valence-corrected chi connectivity index (χ2v) is 5.89. The first kappa shape index (κ1) is 11.0. The summed E-state index contributed by atoms with van der Waals surface area (Å²) in [4.78, 5) is 0. The fourth-order valence-corrected chi connectivity index (χ4v) is 3.06. The smallest absolute Gasteiger partial charge is 0.0694 e. The molecule has 0 aromatic heterocycles.